The molecule has 0 saturated carbocycles. The zero-order valence-corrected chi connectivity index (χ0v) is 21.1. The first-order chi connectivity index (χ1) is 16.4. The summed E-state index contributed by atoms with van der Waals surface area (Å²) in [5.41, 5.74) is 7.43. The highest BCUT2D eigenvalue weighted by Gasteiger charge is 2.39. The Morgan fingerprint density at radius 3 is 2.23 bits per heavy atom. The average molecular weight is 471 g/mol. The van der Waals surface area contributed by atoms with Gasteiger partial charge in [-0.1, -0.05) is 81.8 Å². The van der Waals surface area contributed by atoms with Crippen molar-refractivity contribution < 1.29 is 20.1 Å². The van der Waals surface area contributed by atoms with Gasteiger partial charge >= 0.3 is 5.97 Å². The second-order valence-corrected chi connectivity index (χ2v) is 11.0. The zero-order valence-electron chi connectivity index (χ0n) is 21.1. The largest absolute Gasteiger partial charge is 0.507 e. The predicted molar refractivity (Wildman–Crippen MR) is 141 cm³/mol. The Morgan fingerprint density at radius 1 is 0.943 bits per heavy atom. The van der Waals surface area contributed by atoms with Gasteiger partial charge in [0.25, 0.3) is 0 Å². The summed E-state index contributed by atoms with van der Waals surface area (Å²) in [5.74, 6) is -1.48. The molecule has 4 heteroatoms. The van der Waals surface area contributed by atoms with Crippen LogP contribution in [-0.2, 0) is 10.8 Å². The molecule has 182 valence electrons. The molecule has 0 aliphatic heterocycles. The minimum Gasteiger partial charge on any atom is -0.507 e. The van der Waals surface area contributed by atoms with E-state index < -0.39 is 12.1 Å². The van der Waals surface area contributed by atoms with E-state index in [2.05, 4.69) is 71.0 Å². The highest BCUT2D eigenvalue weighted by atomic mass is 16.4. The Balaban J connectivity index is 1.80. The van der Waals surface area contributed by atoms with Gasteiger partial charge in [0.2, 0.25) is 0 Å². The van der Waals surface area contributed by atoms with Gasteiger partial charge in [-0.05, 0) is 82.2 Å². The van der Waals surface area contributed by atoms with Crippen molar-refractivity contribution in [2.75, 3.05) is 0 Å². The number of rotatable bonds is 5. The number of aliphatic hydroxyl groups excluding tert-OH is 1. The molecule has 0 aromatic heterocycles. The molecule has 35 heavy (non-hydrogen) atoms. The number of aromatic hydroxyl groups is 1. The molecule has 0 radical (unpaired) electrons. The molecule has 1 unspecified atom stereocenters. The summed E-state index contributed by atoms with van der Waals surface area (Å²) in [7, 11) is 0. The third-order valence-electron chi connectivity index (χ3n) is 7.37. The van der Waals surface area contributed by atoms with Gasteiger partial charge in [0.05, 0.1) is 6.10 Å². The van der Waals surface area contributed by atoms with Crippen LogP contribution in [-0.4, -0.2) is 21.3 Å². The van der Waals surface area contributed by atoms with Crippen molar-refractivity contribution in [3.8, 4) is 16.9 Å². The van der Waals surface area contributed by atoms with Crippen LogP contribution in [0.1, 0.15) is 84.8 Å². The van der Waals surface area contributed by atoms with Crippen LogP contribution in [0.4, 0.5) is 0 Å². The summed E-state index contributed by atoms with van der Waals surface area (Å²) in [6, 6.07) is 17.2. The van der Waals surface area contributed by atoms with Crippen molar-refractivity contribution in [2.45, 2.75) is 64.4 Å². The number of phenols is 1. The summed E-state index contributed by atoms with van der Waals surface area (Å²) in [5, 5.41) is 30.3. The quantitative estimate of drug-likeness (QED) is 0.370. The van der Waals surface area contributed by atoms with Gasteiger partial charge < -0.3 is 15.3 Å². The van der Waals surface area contributed by atoms with Gasteiger partial charge in [-0.2, -0.15) is 0 Å². The maximum absolute atomic E-state index is 11.2. The molecule has 1 atom stereocenters. The van der Waals surface area contributed by atoms with E-state index in [9.17, 15) is 15.0 Å². The monoisotopic (exact) mass is 470 g/mol. The molecular weight excluding hydrogens is 436 g/mol. The number of hydrogen-bond acceptors (Lipinski definition) is 3. The van der Waals surface area contributed by atoms with E-state index in [0.29, 0.717) is 5.56 Å². The van der Waals surface area contributed by atoms with Crippen molar-refractivity contribution in [1.29, 1.82) is 0 Å². The molecule has 3 aromatic carbocycles. The van der Waals surface area contributed by atoms with Crippen LogP contribution in [0.3, 0.4) is 0 Å². The number of fused-ring (bicyclic) bond motifs is 1. The van der Waals surface area contributed by atoms with Gasteiger partial charge in [-0.3, -0.25) is 0 Å². The molecule has 3 N–H and O–H groups in total. The number of carbonyl (C=O) groups is 1. The normalized spacial score (nSPS) is 17.2. The minimum atomic E-state index is -1.18. The lowest BCUT2D eigenvalue weighted by Gasteiger charge is -2.43. The Bertz CT molecular complexity index is 1300. The summed E-state index contributed by atoms with van der Waals surface area (Å²) in [6.07, 6.45) is 4.70. The molecule has 4 rings (SSSR count). The molecule has 0 saturated heterocycles. The molecule has 0 bridgehead atoms. The molecule has 0 heterocycles. The lowest BCUT2D eigenvalue weighted by atomic mass is 9.61. The van der Waals surface area contributed by atoms with E-state index >= 15 is 0 Å². The molecule has 0 amide bonds. The molecule has 0 fully saturated rings. The molecule has 1 aliphatic carbocycles. The first-order valence-electron chi connectivity index (χ1n) is 12.1. The smallest absolute Gasteiger partial charge is 0.339 e. The zero-order chi connectivity index (χ0) is 25.5. The van der Waals surface area contributed by atoms with E-state index in [1.807, 2.05) is 0 Å². The van der Waals surface area contributed by atoms with Crippen LogP contribution in [0.2, 0.25) is 0 Å². The van der Waals surface area contributed by atoms with Crippen LogP contribution in [0.5, 0.6) is 5.75 Å². The standard InChI is InChI=1S/C31H34O4/c1-19-6-10-21(11-7-19)24-17-22(18-25-28(24)31(4,5)15-14-30(25,2)3)26(32)13-9-20-8-12-23(29(34)35)27(33)16-20/h6-13,16-18,26,32-33H,14-15H2,1-5H3,(H,34,35). The Hall–Kier alpha value is -3.37. The maximum Gasteiger partial charge on any atom is 0.339 e. The average Bonchev–Trinajstić information content (AvgIpc) is 2.80. The number of carboxylic acid groups (broad SMARTS) is 1. The fourth-order valence-corrected chi connectivity index (χ4v) is 5.09. The highest BCUT2D eigenvalue weighted by molar-refractivity contribution is 5.91. The Kier molecular flexibility index (Phi) is 6.37. The van der Waals surface area contributed by atoms with Crippen LogP contribution < -0.4 is 0 Å². The molecular formula is C31H34O4. The summed E-state index contributed by atoms with van der Waals surface area (Å²) in [6.45, 7) is 11.2. The van der Waals surface area contributed by atoms with E-state index in [-0.39, 0.29) is 22.1 Å². The van der Waals surface area contributed by atoms with E-state index in [1.165, 1.54) is 28.8 Å². The second-order valence-electron chi connectivity index (χ2n) is 11.0. The fourth-order valence-electron chi connectivity index (χ4n) is 5.09. The van der Waals surface area contributed by atoms with Crippen LogP contribution in [0, 0.1) is 6.92 Å². The first kappa shape index (κ1) is 24.7. The Labute approximate surface area is 207 Å². The summed E-state index contributed by atoms with van der Waals surface area (Å²) < 4.78 is 0. The topological polar surface area (TPSA) is 77.8 Å². The van der Waals surface area contributed by atoms with Crippen LogP contribution >= 0.6 is 0 Å². The molecule has 4 nitrogen and oxygen atoms in total. The van der Waals surface area contributed by atoms with Gasteiger partial charge in [0, 0.05) is 0 Å². The van der Waals surface area contributed by atoms with Crippen molar-refractivity contribution in [1.82, 2.24) is 0 Å². The van der Waals surface area contributed by atoms with Crippen LogP contribution in [0.15, 0.2) is 60.7 Å². The third kappa shape index (κ3) is 4.89. The van der Waals surface area contributed by atoms with Crippen molar-refractivity contribution >= 4 is 12.0 Å². The predicted octanol–water partition coefficient (Wildman–Crippen LogP) is 7.16. The van der Waals surface area contributed by atoms with Crippen molar-refractivity contribution in [3.63, 3.8) is 0 Å². The number of aryl methyl sites for hydroxylation is 1. The molecule has 0 spiro atoms. The van der Waals surface area contributed by atoms with Gasteiger partial charge in [0.15, 0.2) is 0 Å². The Morgan fingerprint density at radius 2 is 1.60 bits per heavy atom. The number of aromatic carboxylic acids is 1. The lowest BCUT2D eigenvalue weighted by molar-refractivity contribution is 0.0693. The molecule has 3 aromatic rings. The number of hydrogen-bond donors (Lipinski definition) is 3. The van der Waals surface area contributed by atoms with E-state index in [4.69, 9.17) is 5.11 Å². The number of aliphatic hydroxyl groups is 1. The van der Waals surface area contributed by atoms with E-state index in [1.54, 1.807) is 18.2 Å². The van der Waals surface area contributed by atoms with Gasteiger partial charge in [-0.15, -0.1) is 0 Å². The summed E-state index contributed by atoms with van der Waals surface area (Å²) in [4.78, 5) is 11.1. The fraction of sp³-hybridized carbons (Fsp3) is 0.323. The second kappa shape index (κ2) is 9.01. The minimum absolute atomic E-state index is 0.0117. The van der Waals surface area contributed by atoms with E-state index in [0.717, 1.165) is 29.5 Å². The highest BCUT2D eigenvalue weighted by Crippen LogP contribution is 2.50. The van der Waals surface area contributed by atoms with Crippen LogP contribution in [0.25, 0.3) is 17.2 Å². The number of benzene rings is 3. The first-order valence-corrected chi connectivity index (χ1v) is 12.1. The molecule has 1 aliphatic rings. The maximum atomic E-state index is 11.2. The summed E-state index contributed by atoms with van der Waals surface area (Å²) >= 11 is 0. The lowest BCUT2D eigenvalue weighted by Crippen LogP contribution is -2.34. The number of carboxylic acids is 1. The SMILES string of the molecule is Cc1ccc(-c2cc(C(O)C=Cc3ccc(C(=O)O)c(O)c3)cc3c2C(C)(C)CCC3(C)C)cc1. The third-order valence-corrected chi connectivity index (χ3v) is 7.37. The van der Waals surface area contributed by atoms with Gasteiger partial charge in [0.1, 0.15) is 11.3 Å². The van der Waals surface area contributed by atoms with Crippen molar-refractivity contribution in [3.05, 3.63) is 94.1 Å². The van der Waals surface area contributed by atoms with Gasteiger partial charge in [-0.25, -0.2) is 4.79 Å². The van der Waals surface area contributed by atoms with Crippen molar-refractivity contribution in [2.24, 2.45) is 0 Å².